The summed E-state index contributed by atoms with van der Waals surface area (Å²) in [5.74, 6) is -5.32. The molecular weight excluding hydrogens is 622 g/mol. The Kier molecular flexibility index (Phi) is 9.05. The standard InChI is InChI=1S/C32H25ClF2N6O5/c1-16-11-19(8-9-20(16)32(45)46)17(2)38-31(44)27-13-26(30(43)36-14-18-7-10-23(34)24(35)12-18)39-28-21(15-37-41(27)28)29(42)40-25-6-4-3-5-22(25)33/h3-13,15,17H,14H2,1-2H3,(H,36,43)(H,38,44)(H,40,42)(H,45,46)/t17-/m0/s1. The number of aromatic carboxylic acids is 1. The van der Waals surface area contributed by atoms with Gasteiger partial charge < -0.3 is 21.1 Å². The maximum atomic E-state index is 13.7. The van der Waals surface area contributed by atoms with Crippen LogP contribution in [0.2, 0.25) is 5.02 Å². The van der Waals surface area contributed by atoms with Crippen molar-refractivity contribution in [3.63, 3.8) is 0 Å². The summed E-state index contributed by atoms with van der Waals surface area (Å²) >= 11 is 6.19. The molecular formula is C32H25ClF2N6O5. The third-order valence-corrected chi connectivity index (χ3v) is 7.40. The molecule has 3 amide bonds. The second kappa shape index (κ2) is 13.1. The molecule has 3 aromatic carbocycles. The largest absolute Gasteiger partial charge is 0.478 e. The van der Waals surface area contributed by atoms with Crippen molar-refractivity contribution in [3.05, 3.63) is 129 Å². The van der Waals surface area contributed by atoms with Crippen LogP contribution in [0.3, 0.4) is 0 Å². The van der Waals surface area contributed by atoms with Crippen molar-refractivity contribution in [2.75, 3.05) is 5.32 Å². The number of amides is 3. The van der Waals surface area contributed by atoms with E-state index in [9.17, 15) is 33.1 Å². The van der Waals surface area contributed by atoms with Crippen molar-refractivity contribution < 1.29 is 33.1 Å². The molecule has 0 spiro atoms. The van der Waals surface area contributed by atoms with E-state index in [1.807, 2.05) is 0 Å². The molecule has 0 aliphatic rings. The first-order chi connectivity index (χ1) is 21.9. The number of hydrogen-bond acceptors (Lipinski definition) is 6. The first-order valence-corrected chi connectivity index (χ1v) is 14.1. The van der Waals surface area contributed by atoms with E-state index in [1.54, 1.807) is 50.2 Å². The highest BCUT2D eigenvalue weighted by atomic mass is 35.5. The maximum Gasteiger partial charge on any atom is 0.335 e. The highest BCUT2D eigenvalue weighted by Crippen LogP contribution is 2.23. The molecule has 46 heavy (non-hydrogen) atoms. The predicted octanol–water partition coefficient (Wildman–Crippen LogP) is 5.34. The molecule has 4 N–H and O–H groups in total. The number of carboxylic acid groups (broad SMARTS) is 1. The van der Waals surface area contributed by atoms with E-state index in [0.717, 1.165) is 16.6 Å². The Balaban J connectivity index is 1.49. The molecule has 0 saturated heterocycles. The van der Waals surface area contributed by atoms with Gasteiger partial charge in [0.1, 0.15) is 17.0 Å². The summed E-state index contributed by atoms with van der Waals surface area (Å²) in [4.78, 5) is 55.8. The van der Waals surface area contributed by atoms with Gasteiger partial charge in [0.05, 0.1) is 28.5 Å². The molecule has 5 rings (SSSR count). The number of fused-ring (bicyclic) bond motifs is 1. The van der Waals surface area contributed by atoms with Crippen LogP contribution in [0.5, 0.6) is 0 Å². The predicted molar refractivity (Wildman–Crippen MR) is 164 cm³/mol. The molecule has 5 aromatic rings. The van der Waals surface area contributed by atoms with Gasteiger partial charge in [0.25, 0.3) is 17.7 Å². The lowest BCUT2D eigenvalue weighted by Crippen LogP contribution is -2.30. The number of anilines is 1. The zero-order valence-corrected chi connectivity index (χ0v) is 25.0. The van der Waals surface area contributed by atoms with E-state index in [-0.39, 0.29) is 45.3 Å². The van der Waals surface area contributed by atoms with Crippen LogP contribution in [-0.4, -0.2) is 43.4 Å². The maximum absolute atomic E-state index is 13.7. The van der Waals surface area contributed by atoms with E-state index >= 15 is 0 Å². The van der Waals surface area contributed by atoms with Gasteiger partial charge in [0.2, 0.25) is 0 Å². The Labute approximate surface area is 265 Å². The van der Waals surface area contributed by atoms with Gasteiger partial charge >= 0.3 is 5.97 Å². The van der Waals surface area contributed by atoms with Gasteiger partial charge in [-0.3, -0.25) is 14.4 Å². The van der Waals surface area contributed by atoms with Crippen LogP contribution in [-0.2, 0) is 6.54 Å². The van der Waals surface area contributed by atoms with Crippen molar-refractivity contribution >= 4 is 46.6 Å². The number of nitrogens with one attached hydrogen (secondary N) is 3. The van der Waals surface area contributed by atoms with Crippen LogP contribution in [0.1, 0.15) is 71.3 Å². The lowest BCUT2D eigenvalue weighted by atomic mass is 10.0. The number of hydrogen-bond donors (Lipinski definition) is 4. The highest BCUT2D eigenvalue weighted by Gasteiger charge is 2.24. The summed E-state index contributed by atoms with van der Waals surface area (Å²) < 4.78 is 28.1. The minimum atomic E-state index is -1.08. The average Bonchev–Trinajstić information content (AvgIpc) is 3.46. The van der Waals surface area contributed by atoms with E-state index in [4.69, 9.17) is 11.6 Å². The Bertz CT molecular complexity index is 2030. The highest BCUT2D eigenvalue weighted by molar-refractivity contribution is 6.34. The van der Waals surface area contributed by atoms with Gasteiger partial charge in [-0.15, -0.1) is 0 Å². The third-order valence-electron chi connectivity index (χ3n) is 7.07. The number of carbonyl (C=O) groups is 4. The zero-order valence-electron chi connectivity index (χ0n) is 24.3. The number of para-hydroxylation sites is 1. The van der Waals surface area contributed by atoms with Crippen LogP contribution in [0, 0.1) is 18.6 Å². The van der Waals surface area contributed by atoms with Gasteiger partial charge in [-0.05, 0) is 60.9 Å². The third kappa shape index (κ3) is 6.69. The number of benzene rings is 3. The first kappa shape index (κ1) is 31.7. The van der Waals surface area contributed by atoms with Gasteiger partial charge in [-0.1, -0.05) is 41.9 Å². The van der Waals surface area contributed by atoms with E-state index in [2.05, 4.69) is 26.0 Å². The van der Waals surface area contributed by atoms with Crippen LogP contribution in [0.25, 0.3) is 5.65 Å². The van der Waals surface area contributed by atoms with Gasteiger partial charge in [0, 0.05) is 12.6 Å². The Morgan fingerprint density at radius 3 is 2.39 bits per heavy atom. The topological polar surface area (TPSA) is 155 Å². The van der Waals surface area contributed by atoms with Crippen LogP contribution in [0.4, 0.5) is 14.5 Å². The molecule has 234 valence electrons. The number of rotatable bonds is 9. The molecule has 1 atom stereocenters. The van der Waals surface area contributed by atoms with E-state index in [1.165, 1.54) is 24.4 Å². The Morgan fingerprint density at radius 2 is 1.70 bits per heavy atom. The number of nitrogens with zero attached hydrogens (tertiary/aromatic N) is 3. The molecule has 14 heteroatoms. The van der Waals surface area contributed by atoms with Crippen LogP contribution < -0.4 is 16.0 Å². The monoisotopic (exact) mass is 646 g/mol. The summed E-state index contributed by atoms with van der Waals surface area (Å²) in [7, 11) is 0. The quantitative estimate of drug-likeness (QED) is 0.168. The van der Waals surface area contributed by atoms with Crippen LogP contribution >= 0.6 is 11.6 Å². The van der Waals surface area contributed by atoms with E-state index in [0.29, 0.717) is 16.8 Å². The van der Waals surface area contributed by atoms with E-state index < -0.39 is 41.4 Å². The van der Waals surface area contributed by atoms with Crippen LogP contribution in [0.15, 0.2) is 72.9 Å². The Hall–Kier alpha value is -5.69. The summed E-state index contributed by atoms with van der Waals surface area (Å²) in [6.07, 6.45) is 1.19. The summed E-state index contributed by atoms with van der Waals surface area (Å²) in [6.45, 7) is 3.14. The number of carboxylic acids is 1. The van der Waals surface area contributed by atoms with Crippen molar-refractivity contribution in [2.45, 2.75) is 26.4 Å². The first-order valence-electron chi connectivity index (χ1n) is 13.7. The van der Waals surface area contributed by atoms with Gasteiger partial charge in [0.15, 0.2) is 17.3 Å². The molecule has 2 heterocycles. The second-order valence-corrected chi connectivity index (χ2v) is 10.7. The van der Waals surface area contributed by atoms with Crippen molar-refractivity contribution in [1.29, 1.82) is 0 Å². The zero-order chi connectivity index (χ0) is 33.1. The molecule has 0 saturated carbocycles. The summed E-state index contributed by atoms with van der Waals surface area (Å²) in [5.41, 5.74) is 1.22. The van der Waals surface area contributed by atoms with Gasteiger partial charge in [-0.2, -0.15) is 5.10 Å². The van der Waals surface area contributed by atoms with Crippen molar-refractivity contribution in [1.82, 2.24) is 25.2 Å². The number of halogens is 3. The molecule has 0 aliphatic carbocycles. The molecule has 0 fully saturated rings. The number of aromatic nitrogens is 3. The molecule has 0 bridgehead atoms. The molecule has 0 radical (unpaired) electrons. The fraction of sp³-hybridized carbons (Fsp3) is 0.125. The number of aryl methyl sites for hydroxylation is 1. The fourth-order valence-electron chi connectivity index (χ4n) is 4.63. The smallest absolute Gasteiger partial charge is 0.335 e. The molecule has 0 aliphatic heterocycles. The Morgan fingerprint density at radius 1 is 0.935 bits per heavy atom. The molecule has 2 aromatic heterocycles. The SMILES string of the molecule is Cc1cc([C@H](C)NC(=O)c2cc(C(=O)NCc3ccc(F)c(F)c3)nc3c(C(=O)Nc4ccccc4Cl)cnn23)ccc1C(=O)O. The number of carbonyl (C=O) groups excluding carboxylic acids is 3. The minimum absolute atomic E-state index is 0.0721. The fourth-order valence-corrected chi connectivity index (χ4v) is 4.81. The minimum Gasteiger partial charge on any atom is -0.478 e. The molecule has 11 nitrogen and oxygen atoms in total. The lowest BCUT2D eigenvalue weighted by Gasteiger charge is -2.16. The molecule has 0 unspecified atom stereocenters. The second-order valence-electron chi connectivity index (χ2n) is 10.3. The summed E-state index contributed by atoms with van der Waals surface area (Å²) in [6, 6.07) is 14.9. The summed E-state index contributed by atoms with van der Waals surface area (Å²) in [5, 5.41) is 21.8. The van der Waals surface area contributed by atoms with Crippen molar-refractivity contribution in [3.8, 4) is 0 Å². The van der Waals surface area contributed by atoms with Gasteiger partial charge in [-0.25, -0.2) is 23.1 Å². The lowest BCUT2D eigenvalue weighted by molar-refractivity contribution is 0.0695. The van der Waals surface area contributed by atoms with Crippen molar-refractivity contribution in [2.24, 2.45) is 0 Å². The average molecular weight is 647 g/mol. The normalized spacial score (nSPS) is 11.6.